The lowest BCUT2D eigenvalue weighted by Gasteiger charge is -2.19. The van der Waals surface area contributed by atoms with Crippen LogP contribution in [0.25, 0.3) is 16.0 Å². The number of nitrogens with one attached hydrogen (secondary N) is 2. The summed E-state index contributed by atoms with van der Waals surface area (Å²) in [6.45, 7) is 8.05. The molecule has 0 spiro atoms. The highest BCUT2D eigenvalue weighted by Gasteiger charge is 2.32. The van der Waals surface area contributed by atoms with E-state index < -0.39 is 5.92 Å². The highest BCUT2D eigenvalue weighted by molar-refractivity contribution is 7.15. The lowest BCUT2D eigenvalue weighted by Crippen LogP contribution is -2.39. The molecule has 2 aromatic carbocycles. The number of carbonyl (C=O) groups excluding carboxylic acids is 2. The zero-order valence-electron chi connectivity index (χ0n) is 25.7. The summed E-state index contributed by atoms with van der Waals surface area (Å²) in [6.07, 6.45) is 3.10. The molecule has 12 heteroatoms. The number of fused-ring (bicyclic) bond motifs is 4. The monoisotopic (exact) mass is 656 g/mol. The Balaban J connectivity index is 1.03. The first-order valence-electron chi connectivity index (χ1n) is 15.3. The lowest BCUT2D eigenvalue weighted by atomic mass is 9.90. The second-order valence-corrected chi connectivity index (χ2v) is 13.3. The first kappa shape index (κ1) is 30.3. The predicted molar refractivity (Wildman–Crippen MR) is 178 cm³/mol. The number of rotatable bonds is 9. The second kappa shape index (κ2) is 12.5. The topological polar surface area (TPSA) is 124 Å². The summed E-state index contributed by atoms with van der Waals surface area (Å²) in [7, 11) is 0. The van der Waals surface area contributed by atoms with Gasteiger partial charge >= 0.3 is 0 Å². The van der Waals surface area contributed by atoms with Crippen LogP contribution in [-0.4, -0.2) is 52.0 Å². The number of halogens is 1. The molecule has 0 bridgehead atoms. The minimum absolute atomic E-state index is 0.200. The van der Waals surface area contributed by atoms with Crippen LogP contribution in [-0.2, 0) is 9.59 Å². The van der Waals surface area contributed by atoms with E-state index in [9.17, 15) is 9.59 Å². The number of thiophene rings is 1. The van der Waals surface area contributed by atoms with Crippen molar-refractivity contribution in [2.75, 3.05) is 19.7 Å². The molecular weight excluding hydrogens is 624 g/mol. The Labute approximate surface area is 274 Å². The van der Waals surface area contributed by atoms with E-state index >= 15 is 0 Å². The van der Waals surface area contributed by atoms with Crippen molar-refractivity contribution in [1.29, 1.82) is 0 Å². The number of carbonyl (C=O) groups is 2. The number of nitrogens with zero attached hydrogens (tertiary/aromatic N) is 4. The van der Waals surface area contributed by atoms with E-state index in [0.717, 1.165) is 50.9 Å². The first-order valence-corrected chi connectivity index (χ1v) is 16.5. The molecule has 236 valence electrons. The van der Waals surface area contributed by atoms with Gasteiger partial charge in [-0.15, -0.1) is 21.5 Å². The smallest absolute Gasteiger partial charge is 0.234 e. The van der Waals surface area contributed by atoms with E-state index in [0.29, 0.717) is 48.9 Å². The number of furan rings is 1. The average Bonchev–Trinajstić information content (AvgIpc) is 3.69. The van der Waals surface area contributed by atoms with E-state index in [-0.39, 0.29) is 17.9 Å². The Morgan fingerprint density at radius 1 is 1.11 bits per heavy atom. The molecule has 2 N–H and O–H groups in total. The number of ether oxygens (including phenoxy) is 1. The van der Waals surface area contributed by atoms with Gasteiger partial charge in [0.05, 0.1) is 17.9 Å². The molecule has 3 aromatic heterocycles. The molecule has 1 saturated heterocycles. The minimum Gasteiger partial charge on any atom is -0.492 e. The molecule has 7 rings (SSSR count). The number of imide groups is 1. The summed E-state index contributed by atoms with van der Waals surface area (Å²) in [6, 6.07) is 13.3. The van der Waals surface area contributed by atoms with Gasteiger partial charge in [-0.2, -0.15) is 0 Å². The molecule has 10 nitrogen and oxygen atoms in total. The number of aliphatic imine (C=N–C) groups is 1. The third-order valence-corrected chi connectivity index (χ3v) is 10.1. The zero-order chi connectivity index (χ0) is 31.9. The third kappa shape index (κ3) is 5.63. The average molecular weight is 657 g/mol. The third-order valence-electron chi connectivity index (χ3n) is 8.69. The molecule has 2 aliphatic rings. The number of amides is 2. The molecule has 1 unspecified atom stereocenters. The zero-order valence-corrected chi connectivity index (χ0v) is 27.3. The van der Waals surface area contributed by atoms with Crippen molar-refractivity contribution in [2.24, 2.45) is 4.99 Å². The number of piperidine rings is 1. The van der Waals surface area contributed by atoms with Crippen LogP contribution in [0, 0.1) is 20.8 Å². The van der Waals surface area contributed by atoms with E-state index in [1.807, 2.05) is 49.4 Å². The van der Waals surface area contributed by atoms with Gasteiger partial charge in [0, 0.05) is 44.9 Å². The quantitative estimate of drug-likeness (QED) is 0.145. The van der Waals surface area contributed by atoms with Crippen LogP contribution in [0.2, 0.25) is 5.02 Å². The first-order chi connectivity index (χ1) is 22.3. The number of aryl methyl sites for hydroxylation is 2. The van der Waals surface area contributed by atoms with Gasteiger partial charge in [0.15, 0.2) is 5.82 Å². The SMILES string of the molecule is Cc1sc2c(c1C)C(c1ccc(Cl)cc1)=N[C@@H](CCNCCOc1ccc3occ(C4CCC(=O)NC4=O)c3c1)c1nnc(C)n1-2. The Bertz CT molecular complexity index is 1990. The molecule has 5 heterocycles. The molecule has 2 atom stereocenters. The highest BCUT2D eigenvalue weighted by Crippen LogP contribution is 2.39. The van der Waals surface area contributed by atoms with Crippen molar-refractivity contribution in [3.8, 4) is 10.8 Å². The summed E-state index contributed by atoms with van der Waals surface area (Å²) >= 11 is 7.98. The van der Waals surface area contributed by atoms with Crippen molar-refractivity contribution < 1.29 is 18.7 Å². The summed E-state index contributed by atoms with van der Waals surface area (Å²) in [5.74, 6) is 1.41. The summed E-state index contributed by atoms with van der Waals surface area (Å²) in [5, 5.41) is 17.6. The summed E-state index contributed by atoms with van der Waals surface area (Å²) < 4.78 is 13.9. The van der Waals surface area contributed by atoms with E-state index in [2.05, 4.69) is 39.2 Å². The molecule has 0 radical (unpaired) electrons. The molecule has 0 aliphatic carbocycles. The Kier molecular flexibility index (Phi) is 8.22. The van der Waals surface area contributed by atoms with Crippen molar-refractivity contribution in [3.63, 3.8) is 0 Å². The van der Waals surface area contributed by atoms with Gasteiger partial charge in [0.1, 0.15) is 34.8 Å². The fraction of sp³-hybridized carbons (Fsp3) is 0.324. The molecule has 0 saturated carbocycles. The van der Waals surface area contributed by atoms with Crippen molar-refractivity contribution in [3.05, 3.63) is 92.5 Å². The van der Waals surface area contributed by atoms with E-state index in [4.69, 9.17) is 25.7 Å². The summed E-state index contributed by atoms with van der Waals surface area (Å²) in [5.41, 5.74) is 5.74. The van der Waals surface area contributed by atoms with Crippen LogP contribution in [0.1, 0.15) is 70.0 Å². The molecule has 2 amide bonds. The van der Waals surface area contributed by atoms with Crippen LogP contribution >= 0.6 is 22.9 Å². The van der Waals surface area contributed by atoms with Gasteiger partial charge in [0.2, 0.25) is 11.8 Å². The van der Waals surface area contributed by atoms with E-state index in [1.165, 1.54) is 10.4 Å². The second-order valence-electron chi connectivity index (χ2n) is 11.6. The van der Waals surface area contributed by atoms with E-state index in [1.54, 1.807) is 17.6 Å². The van der Waals surface area contributed by atoms with Crippen LogP contribution in [0.4, 0.5) is 0 Å². The maximum Gasteiger partial charge on any atom is 0.234 e. The largest absolute Gasteiger partial charge is 0.492 e. The Morgan fingerprint density at radius 2 is 1.93 bits per heavy atom. The van der Waals surface area contributed by atoms with Crippen LogP contribution in [0.5, 0.6) is 5.75 Å². The fourth-order valence-electron chi connectivity index (χ4n) is 6.17. The molecule has 46 heavy (non-hydrogen) atoms. The molecule has 1 fully saturated rings. The maximum atomic E-state index is 12.4. The number of aromatic nitrogens is 3. The standard InChI is InChI=1S/C34H33ClN6O4S/c1-18-19(2)46-34-30(18)31(21-4-6-22(35)7-5-21)37-27(32-40-39-20(3)41(32)34)12-13-36-14-15-44-23-8-10-28-25(16-23)26(17-45-28)24-9-11-29(42)38-33(24)43/h4-8,10,16-17,24,27,36H,9,11-15H2,1-3H3,(H,38,42,43)/t24?,27-/m0/s1. The van der Waals surface area contributed by atoms with Gasteiger partial charge in [-0.25, -0.2) is 0 Å². The van der Waals surface area contributed by atoms with Crippen LogP contribution < -0.4 is 15.4 Å². The Morgan fingerprint density at radius 3 is 2.74 bits per heavy atom. The van der Waals surface area contributed by atoms with Crippen molar-refractivity contribution >= 4 is 51.4 Å². The number of hydrogen-bond donors (Lipinski definition) is 2. The maximum absolute atomic E-state index is 12.4. The van der Waals surface area contributed by atoms with Crippen molar-refractivity contribution in [2.45, 2.75) is 52.0 Å². The fourth-order valence-corrected chi connectivity index (χ4v) is 7.51. The van der Waals surface area contributed by atoms with Gasteiger partial charge in [-0.05, 0) is 76.1 Å². The van der Waals surface area contributed by atoms with Gasteiger partial charge in [0.25, 0.3) is 0 Å². The lowest BCUT2D eigenvalue weighted by molar-refractivity contribution is -0.134. The van der Waals surface area contributed by atoms with Crippen molar-refractivity contribution in [1.82, 2.24) is 25.4 Å². The number of benzene rings is 2. The minimum atomic E-state index is -0.420. The van der Waals surface area contributed by atoms with Crippen LogP contribution in [0.15, 0.2) is 58.1 Å². The predicted octanol–water partition coefficient (Wildman–Crippen LogP) is 6.12. The highest BCUT2D eigenvalue weighted by atomic mass is 35.5. The molecule has 5 aromatic rings. The van der Waals surface area contributed by atoms with Gasteiger partial charge in [-0.3, -0.25) is 24.5 Å². The normalized spacial score (nSPS) is 17.8. The van der Waals surface area contributed by atoms with Crippen LogP contribution in [0.3, 0.4) is 0 Å². The summed E-state index contributed by atoms with van der Waals surface area (Å²) in [4.78, 5) is 30.6. The van der Waals surface area contributed by atoms with Gasteiger partial charge in [-0.1, -0.05) is 23.7 Å². The molecular formula is C34H33ClN6O4S. The Hall–Kier alpha value is -4.32. The van der Waals surface area contributed by atoms with Gasteiger partial charge < -0.3 is 14.5 Å². The molecule has 2 aliphatic heterocycles. The number of hydrogen-bond acceptors (Lipinski definition) is 9.